The van der Waals surface area contributed by atoms with E-state index in [2.05, 4.69) is 57.8 Å². The molecule has 0 saturated carbocycles. The quantitative estimate of drug-likeness (QED) is 0.890. The van der Waals surface area contributed by atoms with E-state index in [-0.39, 0.29) is 0 Å². The maximum atomic E-state index is 5.91. The third kappa shape index (κ3) is 4.33. The van der Waals surface area contributed by atoms with Gasteiger partial charge in [-0.05, 0) is 38.2 Å². The third-order valence-corrected chi connectivity index (χ3v) is 4.85. The van der Waals surface area contributed by atoms with Crippen molar-refractivity contribution in [3.8, 4) is 0 Å². The van der Waals surface area contributed by atoms with Gasteiger partial charge in [-0.25, -0.2) is 0 Å². The minimum Gasteiger partial charge on any atom is -0.465 e. The van der Waals surface area contributed by atoms with Gasteiger partial charge >= 0.3 is 0 Å². The molecule has 3 nitrogen and oxygen atoms in total. The average molecular weight is 292 g/mol. The molecule has 0 amide bonds. The van der Waals surface area contributed by atoms with Crippen molar-refractivity contribution >= 4 is 0 Å². The van der Waals surface area contributed by atoms with Crippen LogP contribution in [0.1, 0.15) is 58.1 Å². The zero-order valence-electron chi connectivity index (χ0n) is 14.6. The topological polar surface area (TPSA) is 28.4 Å². The molecule has 3 heteroatoms. The molecular weight excluding hydrogens is 260 g/mol. The molecule has 1 N–H and O–H groups in total. The Kier molecular flexibility index (Phi) is 5.50. The van der Waals surface area contributed by atoms with Crippen LogP contribution in [0.25, 0.3) is 0 Å². The van der Waals surface area contributed by atoms with Crippen LogP contribution >= 0.6 is 0 Å². The Bertz CT molecular complexity index is 452. The van der Waals surface area contributed by atoms with Crippen molar-refractivity contribution in [2.45, 2.75) is 73.1 Å². The minimum atomic E-state index is 0.489. The van der Waals surface area contributed by atoms with Crippen molar-refractivity contribution in [3.05, 3.63) is 23.2 Å². The highest BCUT2D eigenvalue weighted by Crippen LogP contribution is 2.29. The Morgan fingerprint density at radius 3 is 2.71 bits per heavy atom. The first-order valence-electron chi connectivity index (χ1n) is 8.42. The highest BCUT2D eigenvalue weighted by atomic mass is 16.3. The molecule has 1 saturated heterocycles. The number of rotatable bonds is 5. The van der Waals surface area contributed by atoms with Gasteiger partial charge < -0.3 is 9.73 Å². The first kappa shape index (κ1) is 16.6. The summed E-state index contributed by atoms with van der Waals surface area (Å²) < 4.78 is 5.91. The van der Waals surface area contributed by atoms with Crippen LogP contribution in [0, 0.1) is 18.8 Å². The molecule has 120 valence electrons. The Labute approximate surface area is 130 Å². The largest absolute Gasteiger partial charge is 0.465 e. The van der Waals surface area contributed by atoms with E-state index < -0.39 is 0 Å². The van der Waals surface area contributed by atoms with E-state index in [0.717, 1.165) is 36.4 Å². The zero-order chi connectivity index (χ0) is 15.6. The zero-order valence-corrected chi connectivity index (χ0v) is 14.6. The van der Waals surface area contributed by atoms with E-state index in [1.165, 1.54) is 18.5 Å². The molecule has 0 spiro atoms. The van der Waals surface area contributed by atoms with Crippen LogP contribution in [-0.4, -0.2) is 23.5 Å². The summed E-state index contributed by atoms with van der Waals surface area (Å²) in [5, 5.41) is 3.42. The van der Waals surface area contributed by atoms with Crippen molar-refractivity contribution in [2.24, 2.45) is 11.8 Å². The Morgan fingerprint density at radius 2 is 2.05 bits per heavy atom. The summed E-state index contributed by atoms with van der Waals surface area (Å²) in [5.74, 6) is 3.71. The molecule has 3 unspecified atom stereocenters. The van der Waals surface area contributed by atoms with E-state index in [1.807, 2.05) is 0 Å². The smallest absolute Gasteiger partial charge is 0.118 e. The molecule has 0 bridgehead atoms. The Hall–Kier alpha value is -0.800. The van der Waals surface area contributed by atoms with Gasteiger partial charge in [-0.1, -0.05) is 27.7 Å². The molecule has 0 radical (unpaired) electrons. The van der Waals surface area contributed by atoms with Crippen LogP contribution in [0.3, 0.4) is 0 Å². The van der Waals surface area contributed by atoms with Crippen molar-refractivity contribution in [1.82, 2.24) is 10.2 Å². The fourth-order valence-electron chi connectivity index (χ4n) is 3.40. The number of furan rings is 1. The van der Waals surface area contributed by atoms with Crippen LogP contribution in [0.4, 0.5) is 0 Å². The number of nitrogens with one attached hydrogen (secondary N) is 1. The first-order chi connectivity index (χ1) is 9.86. The summed E-state index contributed by atoms with van der Waals surface area (Å²) in [7, 11) is 0. The van der Waals surface area contributed by atoms with E-state index >= 15 is 0 Å². The van der Waals surface area contributed by atoms with E-state index in [0.29, 0.717) is 12.1 Å². The molecule has 1 aliphatic rings. The summed E-state index contributed by atoms with van der Waals surface area (Å²) in [5.41, 5.74) is 1.35. The average Bonchev–Trinajstić information content (AvgIpc) is 2.74. The summed E-state index contributed by atoms with van der Waals surface area (Å²) in [4.78, 5) is 2.62. The van der Waals surface area contributed by atoms with Gasteiger partial charge in [-0.3, -0.25) is 4.90 Å². The maximum absolute atomic E-state index is 5.91. The molecule has 1 fully saturated rings. The van der Waals surface area contributed by atoms with Crippen molar-refractivity contribution in [2.75, 3.05) is 6.54 Å². The van der Waals surface area contributed by atoms with Gasteiger partial charge in [0.1, 0.15) is 11.5 Å². The Balaban J connectivity index is 2.01. The van der Waals surface area contributed by atoms with Gasteiger partial charge in [-0.2, -0.15) is 0 Å². The van der Waals surface area contributed by atoms with Crippen LogP contribution < -0.4 is 5.32 Å². The van der Waals surface area contributed by atoms with Crippen LogP contribution in [0.15, 0.2) is 10.5 Å². The fraction of sp³-hybridized carbons (Fsp3) is 0.778. The fourth-order valence-corrected chi connectivity index (χ4v) is 3.40. The van der Waals surface area contributed by atoms with Crippen molar-refractivity contribution in [1.29, 1.82) is 0 Å². The second-order valence-electron chi connectivity index (χ2n) is 7.32. The van der Waals surface area contributed by atoms with Crippen molar-refractivity contribution in [3.63, 3.8) is 0 Å². The van der Waals surface area contributed by atoms with Gasteiger partial charge in [0.2, 0.25) is 0 Å². The highest BCUT2D eigenvalue weighted by molar-refractivity contribution is 5.21. The lowest BCUT2D eigenvalue weighted by molar-refractivity contribution is 0.0725. The number of piperidine rings is 1. The van der Waals surface area contributed by atoms with Crippen LogP contribution in [0.2, 0.25) is 0 Å². The molecule has 3 atom stereocenters. The number of aryl methyl sites for hydroxylation is 1. The molecule has 2 heterocycles. The number of nitrogens with zero attached hydrogens (tertiary/aromatic N) is 1. The van der Waals surface area contributed by atoms with Gasteiger partial charge in [0, 0.05) is 30.7 Å². The SMILES string of the molecule is Cc1oc(CNC(C)C)cc1CN1CC(C)CC(C)C1C. The van der Waals surface area contributed by atoms with Crippen LogP contribution in [0.5, 0.6) is 0 Å². The molecule has 0 aliphatic carbocycles. The summed E-state index contributed by atoms with van der Waals surface area (Å²) >= 11 is 0. The Morgan fingerprint density at radius 1 is 1.33 bits per heavy atom. The maximum Gasteiger partial charge on any atom is 0.118 e. The molecule has 0 aromatic carbocycles. The van der Waals surface area contributed by atoms with Crippen LogP contribution in [-0.2, 0) is 13.1 Å². The summed E-state index contributed by atoms with van der Waals surface area (Å²) in [6.45, 7) is 16.6. The van der Waals surface area contributed by atoms with Gasteiger partial charge in [0.25, 0.3) is 0 Å². The molecule has 1 aliphatic heterocycles. The molecule has 1 aromatic rings. The molecule has 1 aromatic heterocycles. The second-order valence-corrected chi connectivity index (χ2v) is 7.32. The monoisotopic (exact) mass is 292 g/mol. The molecule has 21 heavy (non-hydrogen) atoms. The minimum absolute atomic E-state index is 0.489. The van der Waals surface area contributed by atoms with E-state index in [9.17, 15) is 0 Å². The van der Waals surface area contributed by atoms with E-state index in [1.54, 1.807) is 0 Å². The van der Waals surface area contributed by atoms with Crippen molar-refractivity contribution < 1.29 is 4.42 Å². The summed E-state index contributed by atoms with van der Waals surface area (Å²) in [6, 6.07) is 3.39. The lowest BCUT2D eigenvalue weighted by atomic mass is 9.86. The van der Waals surface area contributed by atoms with E-state index in [4.69, 9.17) is 4.42 Å². The summed E-state index contributed by atoms with van der Waals surface area (Å²) in [6.07, 6.45) is 1.35. The molecule has 2 rings (SSSR count). The number of hydrogen-bond acceptors (Lipinski definition) is 3. The first-order valence-corrected chi connectivity index (χ1v) is 8.42. The second kappa shape index (κ2) is 6.97. The normalized spacial score (nSPS) is 27.5. The predicted molar refractivity (Wildman–Crippen MR) is 88.2 cm³/mol. The van der Waals surface area contributed by atoms with Gasteiger partial charge in [0.15, 0.2) is 0 Å². The highest BCUT2D eigenvalue weighted by Gasteiger charge is 2.29. The third-order valence-electron chi connectivity index (χ3n) is 4.85. The predicted octanol–water partition coefficient (Wildman–Crippen LogP) is 3.95. The van der Waals surface area contributed by atoms with Gasteiger partial charge in [-0.15, -0.1) is 0 Å². The van der Waals surface area contributed by atoms with Gasteiger partial charge in [0.05, 0.1) is 6.54 Å². The number of hydrogen-bond donors (Lipinski definition) is 1. The number of likely N-dealkylation sites (tertiary alicyclic amines) is 1. The molecular formula is C18H32N2O. The lowest BCUT2D eigenvalue weighted by Gasteiger charge is -2.41. The standard InChI is InChI=1S/C18H32N2O/c1-12(2)19-9-18-8-17(16(6)21-18)11-20-10-13(3)7-14(4)15(20)5/h8,12-15,19H,7,9-11H2,1-6H3. The lowest BCUT2D eigenvalue weighted by Crippen LogP contribution is -2.45.